The number of carbonyl (C=O) groups excluding carboxylic acids is 1. The highest BCUT2D eigenvalue weighted by molar-refractivity contribution is 9.10. The molecule has 1 N–H and O–H groups in total. The quantitative estimate of drug-likeness (QED) is 0.422. The minimum Gasteiger partial charge on any atom is -0.504 e. The standard InChI is InChI=1S/C26H25BrN2O7S/c1-6-36-25(32)22-13(2)28-26-29(23(22)14-7-8-18(33-3)20(9-14)35-5)24(31)21(37-26)11-15-10-19(34-4)17(30)12-16(15)27/h7-12,23,30H,6H2,1-5H3/b21-11-. The van der Waals surface area contributed by atoms with Crippen LogP contribution in [0, 0.1) is 0 Å². The van der Waals surface area contributed by atoms with Crippen molar-refractivity contribution in [3.8, 4) is 23.0 Å². The molecule has 0 amide bonds. The number of aromatic nitrogens is 1. The van der Waals surface area contributed by atoms with Crippen molar-refractivity contribution in [3.05, 3.63) is 76.9 Å². The monoisotopic (exact) mass is 588 g/mol. The van der Waals surface area contributed by atoms with E-state index in [0.29, 0.717) is 42.1 Å². The number of esters is 1. The topological polar surface area (TPSA) is 109 Å². The number of nitrogens with zero attached hydrogens (tertiary/aromatic N) is 2. The second kappa shape index (κ2) is 10.8. The van der Waals surface area contributed by atoms with Gasteiger partial charge in [0.05, 0.1) is 49.8 Å². The fourth-order valence-electron chi connectivity index (χ4n) is 4.10. The Labute approximate surface area is 225 Å². The molecule has 11 heteroatoms. The Morgan fingerprint density at radius 3 is 2.49 bits per heavy atom. The number of allylic oxidation sites excluding steroid dienone is 1. The Morgan fingerprint density at radius 1 is 1.14 bits per heavy atom. The van der Waals surface area contributed by atoms with Crippen molar-refractivity contribution >= 4 is 39.3 Å². The van der Waals surface area contributed by atoms with Gasteiger partial charge in [-0.15, -0.1) is 0 Å². The molecule has 4 rings (SSSR count). The molecule has 1 aliphatic rings. The van der Waals surface area contributed by atoms with E-state index in [2.05, 4.69) is 20.9 Å². The lowest BCUT2D eigenvalue weighted by Gasteiger charge is -2.25. The molecule has 0 aliphatic carbocycles. The van der Waals surface area contributed by atoms with E-state index in [9.17, 15) is 14.7 Å². The van der Waals surface area contributed by atoms with Gasteiger partial charge in [-0.3, -0.25) is 9.36 Å². The number of fused-ring (bicyclic) bond motifs is 1. The lowest BCUT2D eigenvalue weighted by Crippen LogP contribution is -2.40. The lowest BCUT2D eigenvalue weighted by atomic mass is 9.95. The van der Waals surface area contributed by atoms with E-state index in [0.717, 1.165) is 0 Å². The van der Waals surface area contributed by atoms with Gasteiger partial charge in [0.2, 0.25) is 0 Å². The molecule has 1 aromatic heterocycles. The van der Waals surface area contributed by atoms with Crippen molar-refractivity contribution in [1.29, 1.82) is 0 Å². The molecule has 1 aliphatic heterocycles. The summed E-state index contributed by atoms with van der Waals surface area (Å²) in [5.74, 6) is 0.661. The molecular weight excluding hydrogens is 564 g/mol. The molecule has 1 atom stereocenters. The van der Waals surface area contributed by atoms with Gasteiger partial charge in [-0.2, -0.15) is 0 Å². The Bertz CT molecular complexity index is 1590. The van der Waals surface area contributed by atoms with Gasteiger partial charge < -0.3 is 24.1 Å². The number of halogens is 1. The van der Waals surface area contributed by atoms with E-state index in [4.69, 9.17) is 18.9 Å². The lowest BCUT2D eigenvalue weighted by molar-refractivity contribution is -0.139. The van der Waals surface area contributed by atoms with Gasteiger partial charge in [0.1, 0.15) is 0 Å². The van der Waals surface area contributed by atoms with Crippen LogP contribution in [0.15, 0.2) is 55.9 Å². The maximum Gasteiger partial charge on any atom is 0.338 e. The van der Waals surface area contributed by atoms with E-state index in [1.807, 2.05) is 0 Å². The third kappa shape index (κ3) is 4.88. The fourth-order valence-corrected chi connectivity index (χ4v) is 5.59. The van der Waals surface area contributed by atoms with Crippen LogP contribution in [0.3, 0.4) is 0 Å². The van der Waals surface area contributed by atoms with Crippen molar-refractivity contribution in [2.75, 3.05) is 27.9 Å². The highest BCUT2D eigenvalue weighted by Crippen LogP contribution is 2.36. The molecule has 0 bridgehead atoms. The maximum atomic E-state index is 13.8. The number of rotatable bonds is 7. The zero-order chi connectivity index (χ0) is 26.9. The van der Waals surface area contributed by atoms with Gasteiger partial charge in [0.15, 0.2) is 27.8 Å². The number of phenolic OH excluding ortho intramolecular Hbond substituents is 1. The predicted molar refractivity (Wildman–Crippen MR) is 142 cm³/mol. The summed E-state index contributed by atoms with van der Waals surface area (Å²) in [6.45, 7) is 3.62. The highest BCUT2D eigenvalue weighted by Gasteiger charge is 2.34. The molecule has 0 fully saturated rings. The predicted octanol–water partition coefficient (Wildman–Crippen LogP) is 3.29. The van der Waals surface area contributed by atoms with Crippen LogP contribution in [0.25, 0.3) is 6.08 Å². The zero-order valence-corrected chi connectivity index (χ0v) is 23.2. The fraction of sp³-hybridized carbons (Fsp3) is 0.269. The molecule has 0 saturated heterocycles. The number of carbonyl (C=O) groups is 1. The van der Waals surface area contributed by atoms with Crippen LogP contribution >= 0.6 is 27.3 Å². The molecule has 2 heterocycles. The van der Waals surface area contributed by atoms with Crippen molar-refractivity contribution in [1.82, 2.24) is 4.57 Å². The van der Waals surface area contributed by atoms with Crippen LogP contribution in [0.1, 0.15) is 31.0 Å². The third-order valence-corrected chi connectivity index (χ3v) is 7.49. The van der Waals surface area contributed by atoms with Crippen LogP contribution in [0.5, 0.6) is 23.0 Å². The average molecular weight is 589 g/mol. The molecule has 0 radical (unpaired) electrons. The van der Waals surface area contributed by atoms with Gasteiger partial charge in [0, 0.05) is 4.47 Å². The summed E-state index contributed by atoms with van der Waals surface area (Å²) < 4.78 is 23.8. The number of ether oxygens (including phenoxy) is 4. The summed E-state index contributed by atoms with van der Waals surface area (Å²) >= 11 is 4.62. The second-order valence-corrected chi connectivity index (χ2v) is 9.83. The van der Waals surface area contributed by atoms with E-state index >= 15 is 0 Å². The van der Waals surface area contributed by atoms with Gasteiger partial charge >= 0.3 is 5.97 Å². The molecule has 1 unspecified atom stereocenters. The Balaban J connectivity index is 1.98. The van der Waals surface area contributed by atoms with Gasteiger partial charge in [0.25, 0.3) is 5.56 Å². The summed E-state index contributed by atoms with van der Waals surface area (Å²) in [5, 5.41) is 10.0. The zero-order valence-electron chi connectivity index (χ0n) is 20.8. The molecule has 0 spiro atoms. The van der Waals surface area contributed by atoms with E-state index in [-0.39, 0.29) is 29.2 Å². The van der Waals surface area contributed by atoms with Crippen LogP contribution in [-0.2, 0) is 9.53 Å². The Kier molecular flexibility index (Phi) is 7.74. The first kappa shape index (κ1) is 26.5. The van der Waals surface area contributed by atoms with Crippen molar-refractivity contribution in [2.24, 2.45) is 4.99 Å². The van der Waals surface area contributed by atoms with E-state index in [1.165, 1.54) is 43.3 Å². The van der Waals surface area contributed by atoms with E-state index in [1.54, 1.807) is 44.2 Å². The summed E-state index contributed by atoms with van der Waals surface area (Å²) in [6.07, 6.45) is 1.69. The average Bonchev–Trinajstić information content (AvgIpc) is 3.18. The largest absolute Gasteiger partial charge is 0.504 e. The summed E-state index contributed by atoms with van der Waals surface area (Å²) in [6, 6.07) is 7.57. The van der Waals surface area contributed by atoms with Crippen molar-refractivity contribution in [3.63, 3.8) is 0 Å². The molecule has 2 aromatic carbocycles. The molecule has 9 nitrogen and oxygen atoms in total. The summed E-state index contributed by atoms with van der Waals surface area (Å²) in [5.41, 5.74) is 1.65. The van der Waals surface area contributed by atoms with Gasteiger partial charge in [-0.05, 0) is 55.3 Å². The maximum absolute atomic E-state index is 13.8. The SMILES string of the molecule is CCOC(=O)C1=C(C)N=c2s/c(=C\c3cc(OC)c(O)cc3Br)c(=O)n2C1c1ccc(OC)c(OC)c1. The van der Waals surface area contributed by atoms with Crippen LogP contribution in [0.2, 0.25) is 0 Å². The van der Waals surface area contributed by atoms with E-state index < -0.39 is 12.0 Å². The number of methoxy groups -OCH3 is 3. The van der Waals surface area contributed by atoms with Crippen molar-refractivity contribution < 1.29 is 28.8 Å². The highest BCUT2D eigenvalue weighted by atomic mass is 79.9. The number of aromatic hydroxyl groups is 1. The molecule has 0 saturated carbocycles. The number of hydrogen-bond donors (Lipinski definition) is 1. The minimum absolute atomic E-state index is 0.0314. The van der Waals surface area contributed by atoms with Crippen LogP contribution in [0.4, 0.5) is 0 Å². The molecule has 37 heavy (non-hydrogen) atoms. The first-order valence-electron chi connectivity index (χ1n) is 11.2. The Hall–Kier alpha value is -3.57. The number of phenols is 1. The van der Waals surface area contributed by atoms with Gasteiger partial charge in [-0.25, -0.2) is 9.79 Å². The van der Waals surface area contributed by atoms with Crippen LogP contribution < -0.4 is 29.1 Å². The molecular formula is C26H25BrN2O7S. The smallest absolute Gasteiger partial charge is 0.338 e. The first-order chi connectivity index (χ1) is 17.7. The first-order valence-corrected chi connectivity index (χ1v) is 12.8. The third-order valence-electron chi connectivity index (χ3n) is 5.83. The summed E-state index contributed by atoms with van der Waals surface area (Å²) in [4.78, 5) is 31.9. The normalized spacial score (nSPS) is 15.2. The Morgan fingerprint density at radius 2 is 1.84 bits per heavy atom. The number of thiazole rings is 1. The number of hydrogen-bond acceptors (Lipinski definition) is 9. The molecule has 3 aromatic rings. The minimum atomic E-state index is -0.796. The number of benzene rings is 2. The molecule has 194 valence electrons. The van der Waals surface area contributed by atoms with Crippen molar-refractivity contribution in [2.45, 2.75) is 19.9 Å². The second-order valence-electron chi connectivity index (χ2n) is 7.96. The van der Waals surface area contributed by atoms with Gasteiger partial charge in [-0.1, -0.05) is 33.3 Å². The van der Waals surface area contributed by atoms with Crippen LogP contribution in [-0.4, -0.2) is 43.6 Å². The summed E-state index contributed by atoms with van der Waals surface area (Å²) in [7, 11) is 4.50.